The summed E-state index contributed by atoms with van der Waals surface area (Å²) in [7, 11) is 0. The van der Waals surface area contributed by atoms with E-state index < -0.39 is 0 Å². The second-order valence-electron chi connectivity index (χ2n) is 3.82. The van der Waals surface area contributed by atoms with Crippen LogP contribution in [0.25, 0.3) is 0 Å². The van der Waals surface area contributed by atoms with Crippen molar-refractivity contribution in [2.24, 2.45) is 5.92 Å². The van der Waals surface area contributed by atoms with Crippen molar-refractivity contribution in [3.63, 3.8) is 0 Å². The van der Waals surface area contributed by atoms with Crippen LogP contribution in [-0.4, -0.2) is 11.8 Å². The van der Waals surface area contributed by atoms with E-state index in [4.69, 9.17) is 0 Å². The zero-order valence-electron chi connectivity index (χ0n) is 8.31. The number of carbonyl (C=O) groups excluding carboxylic acids is 2. The summed E-state index contributed by atoms with van der Waals surface area (Å²) in [6.45, 7) is 5.91. The molecule has 0 saturated carbocycles. The fraction of sp³-hybridized carbons (Fsp3) is 0.600. The molecule has 0 radical (unpaired) electrons. The molecule has 1 N–H and O–H groups in total. The lowest BCUT2D eigenvalue weighted by Crippen LogP contribution is -2.22. The molecular weight excluding hydrogens is 166 g/mol. The Morgan fingerprint density at radius 1 is 1.23 bits per heavy atom. The van der Waals surface area contributed by atoms with Gasteiger partial charge in [0, 0.05) is 11.1 Å². The molecule has 0 unspecified atom stereocenters. The summed E-state index contributed by atoms with van der Waals surface area (Å²) in [4.78, 5) is 22.3. The van der Waals surface area contributed by atoms with Gasteiger partial charge in [-0.3, -0.25) is 14.9 Å². The van der Waals surface area contributed by atoms with Crippen molar-refractivity contribution in [3.05, 3.63) is 11.1 Å². The minimum atomic E-state index is -0.233. The van der Waals surface area contributed by atoms with Gasteiger partial charge in [-0.25, -0.2) is 0 Å². The van der Waals surface area contributed by atoms with E-state index in [1.54, 1.807) is 6.92 Å². The Bertz CT molecular complexity index is 277. The fourth-order valence-electron chi connectivity index (χ4n) is 1.31. The van der Waals surface area contributed by atoms with Gasteiger partial charge in [0.05, 0.1) is 0 Å². The third-order valence-corrected chi connectivity index (χ3v) is 2.27. The van der Waals surface area contributed by atoms with Crippen LogP contribution in [0.3, 0.4) is 0 Å². The molecule has 13 heavy (non-hydrogen) atoms. The average molecular weight is 181 g/mol. The standard InChI is InChI=1S/C10H15NO2/c1-6(2)4-5-8-7(3)9(12)11-10(8)13/h6H,4-5H2,1-3H3,(H,11,12,13). The molecule has 0 saturated heterocycles. The summed E-state index contributed by atoms with van der Waals surface area (Å²) < 4.78 is 0. The zero-order chi connectivity index (χ0) is 10.0. The molecule has 3 nitrogen and oxygen atoms in total. The molecule has 2 amide bonds. The van der Waals surface area contributed by atoms with Crippen molar-refractivity contribution >= 4 is 11.8 Å². The number of carbonyl (C=O) groups is 2. The Kier molecular flexibility index (Phi) is 2.86. The minimum Gasteiger partial charge on any atom is -0.289 e. The Morgan fingerprint density at radius 3 is 2.23 bits per heavy atom. The van der Waals surface area contributed by atoms with Crippen LogP contribution < -0.4 is 5.32 Å². The van der Waals surface area contributed by atoms with Crippen molar-refractivity contribution < 1.29 is 9.59 Å². The summed E-state index contributed by atoms with van der Waals surface area (Å²) >= 11 is 0. The van der Waals surface area contributed by atoms with Crippen molar-refractivity contribution in [3.8, 4) is 0 Å². The zero-order valence-corrected chi connectivity index (χ0v) is 8.31. The lowest BCUT2D eigenvalue weighted by molar-refractivity contribution is -0.124. The first kappa shape index (κ1) is 9.96. The van der Waals surface area contributed by atoms with Crippen molar-refractivity contribution in [2.75, 3.05) is 0 Å². The van der Waals surface area contributed by atoms with Crippen LogP contribution in [0.15, 0.2) is 11.1 Å². The van der Waals surface area contributed by atoms with Crippen LogP contribution in [0.1, 0.15) is 33.6 Å². The molecule has 1 rings (SSSR count). The summed E-state index contributed by atoms with van der Waals surface area (Å²) in [5, 5.41) is 2.29. The van der Waals surface area contributed by atoms with Crippen LogP contribution in [0.4, 0.5) is 0 Å². The first-order valence-electron chi connectivity index (χ1n) is 4.57. The number of imide groups is 1. The van der Waals surface area contributed by atoms with E-state index in [1.165, 1.54) is 0 Å². The Balaban J connectivity index is 2.67. The molecule has 3 heteroatoms. The fourth-order valence-corrected chi connectivity index (χ4v) is 1.31. The quantitative estimate of drug-likeness (QED) is 0.669. The topological polar surface area (TPSA) is 46.2 Å². The molecule has 1 aliphatic rings. The van der Waals surface area contributed by atoms with Gasteiger partial charge in [0.15, 0.2) is 0 Å². The molecule has 0 atom stereocenters. The second kappa shape index (κ2) is 3.73. The molecule has 72 valence electrons. The van der Waals surface area contributed by atoms with Gasteiger partial charge >= 0.3 is 0 Å². The predicted octanol–water partition coefficient (Wildman–Crippen LogP) is 1.40. The molecule has 0 aromatic rings. The Hall–Kier alpha value is -1.12. The van der Waals surface area contributed by atoms with Crippen molar-refractivity contribution in [1.29, 1.82) is 0 Å². The largest absolute Gasteiger partial charge is 0.289 e. The molecule has 1 aliphatic heterocycles. The van der Waals surface area contributed by atoms with Crippen LogP contribution in [0, 0.1) is 5.92 Å². The van der Waals surface area contributed by atoms with E-state index in [0.29, 0.717) is 23.5 Å². The summed E-state index contributed by atoms with van der Waals surface area (Å²) in [5.41, 5.74) is 1.25. The van der Waals surface area contributed by atoms with Crippen molar-refractivity contribution in [1.82, 2.24) is 5.32 Å². The van der Waals surface area contributed by atoms with Crippen LogP contribution in [0.5, 0.6) is 0 Å². The maximum atomic E-state index is 11.2. The van der Waals surface area contributed by atoms with Gasteiger partial charge in [0.2, 0.25) is 0 Å². The maximum absolute atomic E-state index is 11.2. The molecule has 0 bridgehead atoms. The third kappa shape index (κ3) is 2.17. The van der Waals surface area contributed by atoms with Crippen molar-refractivity contribution in [2.45, 2.75) is 33.6 Å². The first-order valence-corrected chi connectivity index (χ1v) is 4.57. The van der Waals surface area contributed by atoms with E-state index in [9.17, 15) is 9.59 Å². The monoisotopic (exact) mass is 181 g/mol. The van der Waals surface area contributed by atoms with E-state index >= 15 is 0 Å². The summed E-state index contributed by atoms with van der Waals surface area (Å²) in [6, 6.07) is 0. The molecule has 0 fully saturated rings. The van der Waals surface area contributed by atoms with E-state index in [-0.39, 0.29) is 11.8 Å². The number of hydrogen-bond acceptors (Lipinski definition) is 2. The molecule has 0 aliphatic carbocycles. The van der Waals surface area contributed by atoms with Gasteiger partial charge in [-0.1, -0.05) is 13.8 Å². The Labute approximate surface area is 78.2 Å². The third-order valence-electron chi connectivity index (χ3n) is 2.27. The van der Waals surface area contributed by atoms with Gasteiger partial charge in [0.1, 0.15) is 0 Å². The summed E-state index contributed by atoms with van der Waals surface area (Å²) in [6.07, 6.45) is 1.66. The van der Waals surface area contributed by atoms with Gasteiger partial charge in [0.25, 0.3) is 11.8 Å². The van der Waals surface area contributed by atoms with E-state index in [1.807, 2.05) is 0 Å². The lowest BCUT2D eigenvalue weighted by atomic mass is 10.0. The molecule has 1 heterocycles. The van der Waals surface area contributed by atoms with Crippen LogP contribution in [0.2, 0.25) is 0 Å². The van der Waals surface area contributed by atoms with Crippen LogP contribution in [-0.2, 0) is 9.59 Å². The molecule has 0 aromatic heterocycles. The number of hydrogen-bond donors (Lipinski definition) is 1. The predicted molar refractivity (Wildman–Crippen MR) is 49.9 cm³/mol. The Morgan fingerprint density at radius 2 is 1.85 bits per heavy atom. The number of nitrogens with one attached hydrogen (secondary N) is 1. The average Bonchev–Trinajstić information content (AvgIpc) is 2.24. The first-order chi connectivity index (χ1) is 6.02. The highest BCUT2D eigenvalue weighted by atomic mass is 16.2. The molecule has 0 aromatic carbocycles. The van der Waals surface area contributed by atoms with Gasteiger partial charge in [-0.05, 0) is 25.7 Å². The van der Waals surface area contributed by atoms with E-state index in [2.05, 4.69) is 19.2 Å². The highest BCUT2D eigenvalue weighted by Gasteiger charge is 2.26. The van der Waals surface area contributed by atoms with Gasteiger partial charge in [-0.2, -0.15) is 0 Å². The summed E-state index contributed by atoms with van der Waals surface area (Å²) in [5.74, 6) is 0.121. The number of amides is 2. The minimum absolute atomic E-state index is 0.205. The SMILES string of the molecule is CC1=C(CCC(C)C)C(=O)NC1=O. The number of rotatable bonds is 3. The molecular formula is C10H15NO2. The highest BCUT2D eigenvalue weighted by molar-refractivity contribution is 6.19. The maximum Gasteiger partial charge on any atom is 0.254 e. The van der Waals surface area contributed by atoms with E-state index in [0.717, 1.165) is 6.42 Å². The molecule has 0 spiro atoms. The van der Waals surface area contributed by atoms with Crippen LogP contribution >= 0.6 is 0 Å². The second-order valence-corrected chi connectivity index (χ2v) is 3.82. The highest BCUT2D eigenvalue weighted by Crippen LogP contribution is 2.19. The smallest absolute Gasteiger partial charge is 0.254 e. The van der Waals surface area contributed by atoms with Gasteiger partial charge in [-0.15, -0.1) is 0 Å². The van der Waals surface area contributed by atoms with Gasteiger partial charge < -0.3 is 0 Å². The lowest BCUT2D eigenvalue weighted by Gasteiger charge is -2.03. The normalized spacial score (nSPS) is 17.2.